The summed E-state index contributed by atoms with van der Waals surface area (Å²) in [5, 5.41) is 7.41. The Morgan fingerprint density at radius 2 is 1.83 bits per heavy atom. The van der Waals surface area contributed by atoms with Crippen molar-refractivity contribution in [1.29, 1.82) is 0 Å². The van der Waals surface area contributed by atoms with Gasteiger partial charge in [0, 0.05) is 87.1 Å². The molecule has 13 nitrogen and oxygen atoms in total. The summed E-state index contributed by atoms with van der Waals surface area (Å²) in [6.45, 7) is 6.61. The third-order valence-electron chi connectivity index (χ3n) is 8.88. The maximum Gasteiger partial charge on any atom is 0.263 e. The lowest BCUT2D eigenvalue weighted by Crippen LogP contribution is -2.43. The Morgan fingerprint density at radius 3 is 2.52 bits per heavy atom. The van der Waals surface area contributed by atoms with E-state index in [1.807, 2.05) is 29.9 Å². The molecule has 240 valence electrons. The van der Waals surface area contributed by atoms with E-state index in [1.165, 1.54) is 16.2 Å². The van der Waals surface area contributed by atoms with E-state index >= 15 is 0 Å². The topological polar surface area (TPSA) is 143 Å². The highest BCUT2D eigenvalue weighted by Crippen LogP contribution is 2.31. The Bertz CT molecular complexity index is 2060. The van der Waals surface area contributed by atoms with Crippen LogP contribution in [0.5, 0.6) is 0 Å². The van der Waals surface area contributed by atoms with Crippen molar-refractivity contribution < 1.29 is 12.8 Å². The predicted molar refractivity (Wildman–Crippen MR) is 178 cm³/mol. The van der Waals surface area contributed by atoms with E-state index in [0.717, 1.165) is 43.0 Å². The molecule has 0 amide bonds. The van der Waals surface area contributed by atoms with Crippen molar-refractivity contribution in [2.24, 2.45) is 7.05 Å². The smallest absolute Gasteiger partial charge is 0.263 e. The molecule has 2 aliphatic heterocycles. The Balaban J connectivity index is 1.28. The summed E-state index contributed by atoms with van der Waals surface area (Å²) in [7, 11) is -1.48. The van der Waals surface area contributed by atoms with Crippen LogP contribution >= 0.6 is 0 Å². The second kappa shape index (κ2) is 12.0. The molecule has 2 aliphatic rings. The number of aromatic nitrogens is 5. The maximum absolute atomic E-state index is 14.4. The molecule has 0 saturated carbocycles. The number of furan rings is 1. The number of imidazole rings is 1. The highest BCUT2D eigenvalue weighted by Gasteiger charge is 2.29. The standard InChI is InChI=1S/C32H37N9O4S/c1-21-16-24(4-5-28(21)39-13-9-33-10-14-39)35-32-34-18-23-17-26(30-36-27(19-38(30)2)22-8-15-45-20-22)31(42)41(29(23)37-32)25-6-11-40(12-7-25)46(3,43)44/h4-5,8,15-20,25,33H,6-7,9-14H2,1-3H3,(H,34,35,37). The number of aryl methyl sites for hydroxylation is 2. The minimum atomic E-state index is -3.33. The number of piperazine rings is 1. The summed E-state index contributed by atoms with van der Waals surface area (Å²) in [4.78, 5) is 31.0. The molecule has 6 heterocycles. The molecule has 0 bridgehead atoms. The van der Waals surface area contributed by atoms with Gasteiger partial charge in [-0.05, 0) is 55.7 Å². The lowest BCUT2D eigenvalue weighted by Gasteiger charge is -2.32. The Labute approximate surface area is 266 Å². The van der Waals surface area contributed by atoms with Crippen molar-refractivity contribution in [2.45, 2.75) is 25.8 Å². The number of anilines is 3. The van der Waals surface area contributed by atoms with Crippen LogP contribution in [0.15, 0.2) is 64.5 Å². The van der Waals surface area contributed by atoms with Crippen LogP contribution < -0.4 is 21.1 Å². The Kier molecular flexibility index (Phi) is 7.87. The molecule has 1 aromatic carbocycles. The number of nitrogens with one attached hydrogen (secondary N) is 2. The number of rotatable bonds is 7. The number of pyridine rings is 1. The molecule has 14 heteroatoms. The van der Waals surface area contributed by atoms with Gasteiger partial charge in [0.05, 0.1) is 30.0 Å². The molecule has 2 fully saturated rings. The summed E-state index contributed by atoms with van der Waals surface area (Å²) >= 11 is 0. The Hall–Kier alpha value is -4.53. The zero-order chi connectivity index (χ0) is 32.0. The van der Waals surface area contributed by atoms with Crippen molar-refractivity contribution in [3.63, 3.8) is 0 Å². The maximum atomic E-state index is 14.4. The van der Waals surface area contributed by atoms with Gasteiger partial charge in [0.25, 0.3) is 5.56 Å². The largest absolute Gasteiger partial charge is 0.472 e. The number of fused-ring (bicyclic) bond motifs is 1. The molecule has 7 rings (SSSR count). The SMILES string of the molecule is Cc1cc(Nc2ncc3cc(-c4nc(-c5ccoc5)cn4C)c(=O)n(C4CCN(S(C)(=O)=O)CC4)c3n2)ccc1N1CCNCC1. The number of piperidine rings is 1. The van der Waals surface area contributed by atoms with E-state index in [-0.39, 0.29) is 11.6 Å². The summed E-state index contributed by atoms with van der Waals surface area (Å²) in [5.74, 6) is 0.878. The molecule has 0 radical (unpaired) electrons. The molecule has 46 heavy (non-hydrogen) atoms. The first-order valence-corrected chi connectivity index (χ1v) is 17.3. The minimum Gasteiger partial charge on any atom is -0.472 e. The van der Waals surface area contributed by atoms with Crippen LogP contribution in [0.1, 0.15) is 24.4 Å². The molecule has 0 unspecified atom stereocenters. The first-order valence-electron chi connectivity index (χ1n) is 15.4. The van der Waals surface area contributed by atoms with Gasteiger partial charge < -0.3 is 24.5 Å². The zero-order valence-corrected chi connectivity index (χ0v) is 26.9. The number of hydrogen-bond donors (Lipinski definition) is 2. The third-order valence-corrected chi connectivity index (χ3v) is 10.2. The molecule has 0 atom stereocenters. The molecule has 4 aromatic heterocycles. The average molecular weight is 644 g/mol. The van der Waals surface area contributed by atoms with Gasteiger partial charge in [-0.1, -0.05) is 0 Å². The predicted octanol–water partition coefficient (Wildman–Crippen LogP) is 3.51. The molecule has 2 N–H and O–H groups in total. The monoisotopic (exact) mass is 643 g/mol. The van der Waals surface area contributed by atoms with Crippen molar-refractivity contribution in [2.75, 3.05) is 55.7 Å². The molecular weight excluding hydrogens is 606 g/mol. The van der Waals surface area contributed by atoms with Crippen LogP contribution in [0.2, 0.25) is 0 Å². The number of sulfonamides is 1. The summed E-state index contributed by atoms with van der Waals surface area (Å²) < 4.78 is 34.7. The summed E-state index contributed by atoms with van der Waals surface area (Å²) in [6.07, 6.45) is 8.95. The van der Waals surface area contributed by atoms with Crippen LogP contribution in [0.25, 0.3) is 33.7 Å². The third kappa shape index (κ3) is 5.79. The molecular formula is C32H37N9O4S. The van der Waals surface area contributed by atoms with Crippen molar-refractivity contribution in [3.05, 3.63) is 71.2 Å². The van der Waals surface area contributed by atoms with Gasteiger partial charge >= 0.3 is 0 Å². The number of hydrogen-bond acceptors (Lipinski definition) is 10. The van der Waals surface area contributed by atoms with Crippen molar-refractivity contribution >= 4 is 38.4 Å². The molecule has 0 aliphatic carbocycles. The highest BCUT2D eigenvalue weighted by molar-refractivity contribution is 7.88. The van der Waals surface area contributed by atoms with E-state index in [2.05, 4.69) is 39.6 Å². The van der Waals surface area contributed by atoms with Gasteiger partial charge in [-0.25, -0.2) is 22.7 Å². The van der Waals surface area contributed by atoms with Crippen LogP contribution in [0, 0.1) is 6.92 Å². The van der Waals surface area contributed by atoms with E-state index in [4.69, 9.17) is 14.4 Å². The van der Waals surface area contributed by atoms with Gasteiger partial charge in [0.2, 0.25) is 16.0 Å². The quantitative estimate of drug-likeness (QED) is 0.271. The Morgan fingerprint density at radius 1 is 1.04 bits per heavy atom. The fourth-order valence-electron chi connectivity index (χ4n) is 6.50. The molecule has 0 spiro atoms. The van der Waals surface area contributed by atoms with E-state index < -0.39 is 10.0 Å². The van der Waals surface area contributed by atoms with Gasteiger partial charge in [0.15, 0.2) is 0 Å². The first-order chi connectivity index (χ1) is 22.2. The minimum absolute atomic E-state index is 0.237. The van der Waals surface area contributed by atoms with Crippen molar-refractivity contribution in [3.8, 4) is 22.6 Å². The van der Waals surface area contributed by atoms with Crippen LogP contribution in [-0.4, -0.2) is 82.3 Å². The van der Waals surface area contributed by atoms with E-state index in [0.29, 0.717) is 60.0 Å². The first kappa shape index (κ1) is 30.1. The fraction of sp³-hybridized carbons (Fsp3) is 0.375. The summed E-state index contributed by atoms with van der Waals surface area (Å²) in [5.41, 5.74) is 5.37. The number of nitrogens with zero attached hydrogens (tertiary/aromatic N) is 7. The zero-order valence-electron chi connectivity index (χ0n) is 26.1. The van der Waals surface area contributed by atoms with Crippen LogP contribution in [-0.2, 0) is 17.1 Å². The molecule has 2 saturated heterocycles. The van der Waals surface area contributed by atoms with Gasteiger partial charge in [-0.3, -0.25) is 9.36 Å². The van der Waals surface area contributed by atoms with Gasteiger partial charge in [0.1, 0.15) is 11.5 Å². The van der Waals surface area contributed by atoms with E-state index in [9.17, 15) is 13.2 Å². The lowest BCUT2D eigenvalue weighted by molar-refractivity contribution is 0.275. The normalized spacial score (nSPS) is 16.7. The molecule has 5 aromatic rings. The van der Waals surface area contributed by atoms with E-state index in [1.54, 1.807) is 29.4 Å². The summed E-state index contributed by atoms with van der Waals surface area (Å²) in [6, 6.07) is 9.58. The van der Waals surface area contributed by atoms with Crippen molar-refractivity contribution in [1.82, 2.24) is 33.7 Å². The number of benzene rings is 1. The second-order valence-corrected chi connectivity index (χ2v) is 14.0. The van der Waals surface area contributed by atoms with Gasteiger partial charge in [-0.15, -0.1) is 0 Å². The average Bonchev–Trinajstić information content (AvgIpc) is 3.71. The van der Waals surface area contributed by atoms with Crippen LogP contribution in [0.3, 0.4) is 0 Å². The van der Waals surface area contributed by atoms with Crippen LogP contribution in [0.4, 0.5) is 17.3 Å². The van der Waals surface area contributed by atoms with Gasteiger partial charge in [-0.2, -0.15) is 4.98 Å². The lowest BCUT2D eigenvalue weighted by atomic mass is 10.0. The highest BCUT2D eigenvalue weighted by atomic mass is 32.2. The fourth-order valence-corrected chi connectivity index (χ4v) is 7.37. The second-order valence-electron chi connectivity index (χ2n) is 12.0.